The average molecular weight is 905 g/mol. The zero-order valence-corrected chi connectivity index (χ0v) is 35.5. The first-order valence-electron chi connectivity index (χ1n) is 19.5. The highest BCUT2D eigenvalue weighted by Gasteiger charge is 2.22. The Hall–Kier alpha value is -5.72. The maximum absolute atomic E-state index is 11.5. The molecule has 2 saturated heterocycles. The molecule has 6 aromatic rings. The number of nitro benzene ring substituents is 1. The number of piperazine rings is 2. The van der Waals surface area contributed by atoms with Gasteiger partial charge in [-0.15, -0.1) is 0 Å². The molecule has 298 valence electrons. The quantitative estimate of drug-likeness (QED) is 0.0666. The standard InChI is InChI=1S/C23H23BrN4O2.C23H25BrN4/c24-19-6-8-20(9-7-19)26-12-14-27(15-13-26)21-10-11-23(28(29)30)22(16-21)25-17-18-4-2-1-3-5-18;24-19-6-8-20(9-7-19)27-12-14-28(15-13-27)21-10-11-22(25)23(16-21)26-17-18-4-2-1-3-5-18/h1-11,16,25H,12-15,17H2;1-11,16,26H,12-15,17,25H2. The lowest BCUT2D eigenvalue weighted by Gasteiger charge is -2.37. The van der Waals surface area contributed by atoms with E-state index in [1.165, 1.54) is 22.6 Å². The minimum atomic E-state index is -0.331. The summed E-state index contributed by atoms with van der Waals surface area (Å²) in [4.78, 5) is 20.7. The maximum atomic E-state index is 11.5. The molecule has 2 aliphatic rings. The first kappa shape index (κ1) is 40.5. The zero-order valence-electron chi connectivity index (χ0n) is 32.3. The molecule has 0 atom stereocenters. The van der Waals surface area contributed by atoms with Gasteiger partial charge in [-0.1, -0.05) is 92.5 Å². The Morgan fingerprint density at radius 3 is 1.29 bits per heavy atom. The van der Waals surface area contributed by atoms with Gasteiger partial charge in [-0.2, -0.15) is 0 Å². The summed E-state index contributed by atoms with van der Waals surface area (Å²) in [6, 6.07) is 48.9. The van der Waals surface area contributed by atoms with E-state index in [1.54, 1.807) is 6.07 Å². The van der Waals surface area contributed by atoms with Crippen LogP contribution in [0.4, 0.5) is 45.5 Å². The van der Waals surface area contributed by atoms with Gasteiger partial charge in [-0.3, -0.25) is 10.1 Å². The first-order chi connectivity index (χ1) is 28.3. The summed E-state index contributed by atoms with van der Waals surface area (Å²) in [5, 5.41) is 18.2. The highest BCUT2D eigenvalue weighted by molar-refractivity contribution is 9.10. The van der Waals surface area contributed by atoms with Gasteiger partial charge < -0.3 is 36.0 Å². The van der Waals surface area contributed by atoms with Crippen LogP contribution in [-0.4, -0.2) is 57.3 Å². The Kier molecular flexibility index (Phi) is 13.7. The summed E-state index contributed by atoms with van der Waals surface area (Å²) in [5.74, 6) is 0. The Labute approximate surface area is 357 Å². The molecule has 0 unspecified atom stereocenters. The van der Waals surface area contributed by atoms with Crippen molar-refractivity contribution < 1.29 is 4.92 Å². The molecule has 0 bridgehead atoms. The number of nitrogens with one attached hydrogen (secondary N) is 2. The predicted molar refractivity (Wildman–Crippen MR) is 249 cm³/mol. The van der Waals surface area contributed by atoms with Crippen LogP contribution in [0.2, 0.25) is 0 Å². The Balaban J connectivity index is 0.000000177. The predicted octanol–water partition coefficient (Wildman–Crippen LogP) is 10.3. The molecule has 0 amide bonds. The third-order valence-corrected chi connectivity index (χ3v) is 11.6. The zero-order chi connectivity index (χ0) is 40.3. The fourth-order valence-electron chi connectivity index (χ4n) is 7.25. The molecule has 58 heavy (non-hydrogen) atoms. The molecule has 0 spiro atoms. The van der Waals surface area contributed by atoms with Crippen molar-refractivity contribution in [3.8, 4) is 0 Å². The molecule has 6 aromatic carbocycles. The minimum Gasteiger partial charge on any atom is -0.397 e. The Morgan fingerprint density at radius 2 is 0.862 bits per heavy atom. The average Bonchev–Trinajstić information content (AvgIpc) is 3.27. The van der Waals surface area contributed by atoms with Crippen molar-refractivity contribution in [3.05, 3.63) is 176 Å². The van der Waals surface area contributed by atoms with Gasteiger partial charge in [-0.25, -0.2) is 0 Å². The fourth-order valence-corrected chi connectivity index (χ4v) is 7.78. The molecule has 2 fully saturated rings. The number of nitrogen functional groups attached to an aromatic ring is 1. The van der Waals surface area contributed by atoms with Crippen molar-refractivity contribution in [1.82, 2.24) is 0 Å². The molecule has 0 aliphatic carbocycles. The smallest absolute Gasteiger partial charge is 0.292 e. The van der Waals surface area contributed by atoms with E-state index in [1.807, 2.05) is 54.6 Å². The summed E-state index contributed by atoms with van der Waals surface area (Å²) in [5.41, 5.74) is 15.7. The van der Waals surface area contributed by atoms with E-state index < -0.39 is 0 Å². The summed E-state index contributed by atoms with van der Waals surface area (Å²) in [6.45, 7) is 8.89. The second kappa shape index (κ2) is 19.6. The lowest BCUT2D eigenvalue weighted by Crippen LogP contribution is -2.46. The molecule has 2 heterocycles. The number of nitrogens with zero attached hydrogens (tertiary/aromatic N) is 5. The summed E-state index contributed by atoms with van der Waals surface area (Å²) in [7, 11) is 0. The Bertz CT molecular complexity index is 2230. The van der Waals surface area contributed by atoms with Gasteiger partial charge in [0.15, 0.2) is 0 Å². The van der Waals surface area contributed by atoms with E-state index in [2.05, 4.69) is 147 Å². The van der Waals surface area contributed by atoms with Crippen molar-refractivity contribution >= 4 is 77.4 Å². The number of hydrogen-bond acceptors (Lipinski definition) is 9. The molecular formula is C46H48Br2N8O2. The van der Waals surface area contributed by atoms with Gasteiger partial charge in [-0.05, 0) is 90.0 Å². The minimum absolute atomic E-state index is 0.100. The molecule has 8 rings (SSSR count). The maximum Gasteiger partial charge on any atom is 0.292 e. The highest BCUT2D eigenvalue weighted by atomic mass is 79.9. The fraction of sp³-hybridized carbons (Fsp3) is 0.217. The third kappa shape index (κ3) is 10.8. The second-order valence-electron chi connectivity index (χ2n) is 14.3. The van der Waals surface area contributed by atoms with Crippen molar-refractivity contribution in [2.24, 2.45) is 0 Å². The van der Waals surface area contributed by atoms with Crippen LogP contribution in [0.15, 0.2) is 155 Å². The van der Waals surface area contributed by atoms with Gasteiger partial charge in [0, 0.05) is 103 Å². The second-order valence-corrected chi connectivity index (χ2v) is 16.1. The van der Waals surface area contributed by atoms with E-state index in [-0.39, 0.29) is 10.6 Å². The normalized spacial score (nSPS) is 14.0. The van der Waals surface area contributed by atoms with Crippen LogP contribution in [0.3, 0.4) is 0 Å². The monoisotopic (exact) mass is 902 g/mol. The van der Waals surface area contributed by atoms with Gasteiger partial charge in [0.1, 0.15) is 5.69 Å². The molecular weight excluding hydrogens is 856 g/mol. The SMILES string of the molecule is Nc1ccc(N2CCN(c3ccc(Br)cc3)CC2)cc1NCc1ccccc1.O=[N+]([O-])c1ccc(N2CCN(c3ccc(Br)cc3)CC2)cc1NCc1ccccc1. The number of nitro groups is 1. The van der Waals surface area contributed by atoms with Crippen molar-refractivity contribution in [2.75, 3.05) is 88.3 Å². The third-order valence-electron chi connectivity index (χ3n) is 10.5. The van der Waals surface area contributed by atoms with Crippen molar-refractivity contribution in [3.63, 3.8) is 0 Å². The molecule has 0 aromatic heterocycles. The Morgan fingerprint density at radius 1 is 0.500 bits per heavy atom. The van der Waals surface area contributed by atoms with Crippen molar-refractivity contribution in [1.29, 1.82) is 0 Å². The topological polar surface area (TPSA) is 106 Å². The highest BCUT2D eigenvalue weighted by Crippen LogP contribution is 2.32. The van der Waals surface area contributed by atoms with Crippen LogP contribution in [0.5, 0.6) is 0 Å². The molecule has 0 saturated carbocycles. The van der Waals surface area contributed by atoms with Gasteiger partial charge in [0.25, 0.3) is 5.69 Å². The van der Waals surface area contributed by atoms with Gasteiger partial charge >= 0.3 is 0 Å². The molecule has 12 heteroatoms. The van der Waals surface area contributed by atoms with Gasteiger partial charge in [0.2, 0.25) is 0 Å². The van der Waals surface area contributed by atoms with E-state index in [9.17, 15) is 10.1 Å². The number of hydrogen-bond donors (Lipinski definition) is 3. The summed E-state index contributed by atoms with van der Waals surface area (Å²) >= 11 is 6.99. The van der Waals surface area contributed by atoms with E-state index >= 15 is 0 Å². The number of anilines is 7. The molecule has 10 nitrogen and oxygen atoms in total. The molecule has 4 N–H and O–H groups in total. The van der Waals surface area contributed by atoms with Crippen LogP contribution in [-0.2, 0) is 13.1 Å². The van der Waals surface area contributed by atoms with Crippen molar-refractivity contribution in [2.45, 2.75) is 13.1 Å². The van der Waals surface area contributed by atoms with Gasteiger partial charge in [0.05, 0.1) is 16.3 Å². The van der Waals surface area contributed by atoms with Crippen LogP contribution in [0.1, 0.15) is 11.1 Å². The number of rotatable bonds is 11. The number of nitrogens with two attached hydrogens (primary N) is 1. The lowest BCUT2D eigenvalue weighted by atomic mass is 10.1. The summed E-state index contributed by atoms with van der Waals surface area (Å²) in [6.07, 6.45) is 0. The molecule has 0 radical (unpaired) electrons. The lowest BCUT2D eigenvalue weighted by molar-refractivity contribution is -0.384. The van der Waals surface area contributed by atoms with Crippen LogP contribution in [0.25, 0.3) is 0 Å². The number of benzene rings is 6. The van der Waals surface area contributed by atoms with Crippen LogP contribution < -0.4 is 36.0 Å². The summed E-state index contributed by atoms with van der Waals surface area (Å²) < 4.78 is 2.19. The van der Waals surface area contributed by atoms with E-state index in [0.717, 1.165) is 90.5 Å². The largest absolute Gasteiger partial charge is 0.397 e. The first-order valence-corrected chi connectivity index (χ1v) is 21.1. The van der Waals surface area contributed by atoms with Crippen LogP contribution in [0, 0.1) is 10.1 Å². The van der Waals surface area contributed by atoms with E-state index in [4.69, 9.17) is 5.73 Å². The van der Waals surface area contributed by atoms with Crippen LogP contribution >= 0.6 is 31.9 Å². The molecule has 2 aliphatic heterocycles. The van der Waals surface area contributed by atoms with E-state index in [0.29, 0.717) is 12.2 Å². The number of halogens is 2.